The molecule has 0 radical (unpaired) electrons. The van der Waals surface area contributed by atoms with Crippen molar-refractivity contribution in [3.8, 4) is 0 Å². The van der Waals surface area contributed by atoms with E-state index >= 15 is 0 Å². The highest BCUT2D eigenvalue weighted by atomic mass is 16.4. The molecule has 1 heterocycles. The Labute approximate surface area is 89.1 Å². The van der Waals surface area contributed by atoms with Gasteiger partial charge in [0.05, 0.1) is 17.9 Å². The lowest BCUT2D eigenvalue weighted by Crippen LogP contribution is -2.83. The first-order valence-corrected chi connectivity index (χ1v) is 5.21. The second-order valence-electron chi connectivity index (χ2n) is 4.51. The molecule has 2 rings (SSSR count). The third kappa shape index (κ3) is 1.88. The number of carboxylic acid groups (broad SMARTS) is 1. The van der Waals surface area contributed by atoms with Gasteiger partial charge in [0.25, 0.3) is 0 Å². The van der Waals surface area contributed by atoms with Gasteiger partial charge in [0.1, 0.15) is 6.04 Å². The summed E-state index contributed by atoms with van der Waals surface area (Å²) in [4.78, 5) is 11.0. The normalized spacial score (nSPS) is 30.3. The van der Waals surface area contributed by atoms with Gasteiger partial charge in [0, 0.05) is 12.0 Å². The Morgan fingerprint density at radius 1 is 1.47 bits per heavy atom. The van der Waals surface area contributed by atoms with E-state index in [1.807, 2.05) is 30.3 Å². The van der Waals surface area contributed by atoms with E-state index in [0.29, 0.717) is 13.0 Å². The van der Waals surface area contributed by atoms with Gasteiger partial charge < -0.3 is 15.2 Å². The molecule has 1 aliphatic rings. The number of carboxylic acids is 1. The van der Waals surface area contributed by atoms with Crippen molar-refractivity contribution in [2.24, 2.45) is 5.41 Å². The summed E-state index contributed by atoms with van der Waals surface area (Å²) in [7, 11) is 0. The molecule has 2 N–H and O–H groups in total. The predicted molar refractivity (Wildman–Crippen MR) is 53.7 cm³/mol. The van der Waals surface area contributed by atoms with Gasteiger partial charge in [-0.2, -0.15) is 0 Å². The van der Waals surface area contributed by atoms with Crippen LogP contribution in [-0.4, -0.2) is 12.5 Å². The van der Waals surface area contributed by atoms with E-state index < -0.39 is 11.4 Å². The minimum absolute atomic E-state index is 0.258. The van der Waals surface area contributed by atoms with Crippen molar-refractivity contribution in [3.05, 3.63) is 35.9 Å². The van der Waals surface area contributed by atoms with Crippen LogP contribution in [0.2, 0.25) is 0 Å². The highest BCUT2D eigenvalue weighted by molar-refractivity contribution is 5.72. The van der Waals surface area contributed by atoms with Crippen LogP contribution in [0.1, 0.15) is 24.9 Å². The highest BCUT2D eigenvalue weighted by Crippen LogP contribution is 2.30. The van der Waals surface area contributed by atoms with Crippen LogP contribution in [0.4, 0.5) is 0 Å². The summed E-state index contributed by atoms with van der Waals surface area (Å²) < 4.78 is 0. The largest absolute Gasteiger partial charge is 0.549 e. The van der Waals surface area contributed by atoms with Crippen molar-refractivity contribution in [3.63, 3.8) is 0 Å². The molecule has 1 aromatic rings. The number of quaternary nitrogens is 1. The minimum atomic E-state index is -0.933. The maximum absolute atomic E-state index is 11.0. The van der Waals surface area contributed by atoms with Crippen LogP contribution in [0.5, 0.6) is 0 Å². The number of carbonyl (C=O) groups is 1. The first kappa shape index (κ1) is 10.2. The molecule has 1 aliphatic heterocycles. The van der Waals surface area contributed by atoms with Crippen LogP contribution in [-0.2, 0) is 4.79 Å². The van der Waals surface area contributed by atoms with Crippen molar-refractivity contribution in [1.82, 2.24) is 0 Å². The summed E-state index contributed by atoms with van der Waals surface area (Å²) in [5.41, 5.74) is 0.517. The fraction of sp³-hybridized carbons (Fsp3) is 0.417. The number of carbonyl (C=O) groups excluding carboxylic acids is 1. The second kappa shape index (κ2) is 3.66. The van der Waals surface area contributed by atoms with E-state index in [2.05, 4.69) is 5.32 Å². The van der Waals surface area contributed by atoms with Gasteiger partial charge in [0.15, 0.2) is 0 Å². The van der Waals surface area contributed by atoms with Crippen molar-refractivity contribution >= 4 is 5.97 Å². The highest BCUT2D eigenvalue weighted by Gasteiger charge is 2.40. The molecule has 0 aromatic heterocycles. The third-order valence-corrected chi connectivity index (χ3v) is 3.24. The summed E-state index contributed by atoms with van der Waals surface area (Å²) in [6, 6.07) is 10.3. The third-order valence-electron chi connectivity index (χ3n) is 3.24. The molecular weight excluding hydrogens is 190 g/mol. The maximum Gasteiger partial charge on any atom is 0.113 e. The molecule has 0 amide bonds. The van der Waals surface area contributed by atoms with Gasteiger partial charge in [-0.1, -0.05) is 30.3 Å². The Kier molecular flexibility index (Phi) is 2.49. The molecule has 1 saturated heterocycles. The Bertz CT molecular complexity index is 363. The van der Waals surface area contributed by atoms with Gasteiger partial charge in [0.2, 0.25) is 0 Å². The number of hydrogen-bond donors (Lipinski definition) is 1. The van der Waals surface area contributed by atoms with Gasteiger partial charge in [-0.25, -0.2) is 0 Å². The number of benzene rings is 1. The van der Waals surface area contributed by atoms with Gasteiger partial charge in [-0.3, -0.25) is 0 Å². The molecule has 0 aliphatic carbocycles. The molecule has 15 heavy (non-hydrogen) atoms. The molecule has 80 valence electrons. The zero-order chi connectivity index (χ0) is 10.9. The Hall–Kier alpha value is -1.35. The first-order chi connectivity index (χ1) is 7.12. The summed E-state index contributed by atoms with van der Waals surface area (Å²) in [5, 5.41) is 13.1. The lowest BCUT2D eigenvalue weighted by Gasteiger charge is -2.20. The SMILES string of the molecule is C[C@]1(C(=O)[O-])C[NH2+]C(c2ccccc2)C1. The van der Waals surface area contributed by atoms with E-state index in [0.717, 1.165) is 0 Å². The molecule has 2 atom stereocenters. The monoisotopic (exact) mass is 205 g/mol. The van der Waals surface area contributed by atoms with E-state index in [-0.39, 0.29) is 6.04 Å². The van der Waals surface area contributed by atoms with E-state index in [1.54, 1.807) is 6.92 Å². The van der Waals surface area contributed by atoms with Crippen LogP contribution < -0.4 is 10.4 Å². The Morgan fingerprint density at radius 2 is 2.13 bits per heavy atom. The van der Waals surface area contributed by atoms with Crippen LogP contribution >= 0.6 is 0 Å². The Balaban J connectivity index is 2.14. The number of hydrogen-bond acceptors (Lipinski definition) is 2. The number of aliphatic carboxylic acids is 1. The molecule has 0 bridgehead atoms. The fourth-order valence-electron chi connectivity index (χ4n) is 2.18. The molecule has 1 aromatic carbocycles. The summed E-state index contributed by atoms with van der Waals surface area (Å²) in [6.45, 7) is 2.37. The quantitative estimate of drug-likeness (QED) is 0.704. The fourth-order valence-corrected chi connectivity index (χ4v) is 2.18. The van der Waals surface area contributed by atoms with E-state index in [9.17, 15) is 9.90 Å². The van der Waals surface area contributed by atoms with Gasteiger partial charge in [-0.15, -0.1) is 0 Å². The molecule has 0 saturated carbocycles. The molecule has 0 spiro atoms. The van der Waals surface area contributed by atoms with Crippen LogP contribution in [0.3, 0.4) is 0 Å². The lowest BCUT2D eigenvalue weighted by molar-refractivity contribution is -0.679. The topological polar surface area (TPSA) is 56.7 Å². The summed E-state index contributed by atoms with van der Waals surface area (Å²) in [5.74, 6) is -0.933. The minimum Gasteiger partial charge on any atom is -0.549 e. The van der Waals surface area contributed by atoms with Crippen LogP contribution in [0, 0.1) is 5.41 Å². The molecular formula is C12H15NO2. The van der Waals surface area contributed by atoms with Crippen LogP contribution in [0.15, 0.2) is 30.3 Å². The van der Waals surface area contributed by atoms with E-state index in [4.69, 9.17) is 0 Å². The Morgan fingerprint density at radius 3 is 2.67 bits per heavy atom. The lowest BCUT2D eigenvalue weighted by atomic mass is 9.86. The van der Waals surface area contributed by atoms with Gasteiger partial charge in [-0.05, 0) is 6.92 Å². The molecule has 3 nitrogen and oxygen atoms in total. The second-order valence-corrected chi connectivity index (χ2v) is 4.51. The van der Waals surface area contributed by atoms with E-state index in [1.165, 1.54) is 5.56 Å². The number of nitrogens with two attached hydrogens (primary N) is 1. The van der Waals surface area contributed by atoms with Crippen molar-refractivity contribution in [2.75, 3.05) is 6.54 Å². The smallest absolute Gasteiger partial charge is 0.113 e. The molecule has 3 heteroatoms. The van der Waals surface area contributed by atoms with Crippen LogP contribution in [0.25, 0.3) is 0 Å². The maximum atomic E-state index is 11.0. The zero-order valence-electron chi connectivity index (χ0n) is 8.77. The molecule has 1 fully saturated rings. The zero-order valence-corrected chi connectivity index (χ0v) is 8.77. The molecule has 1 unspecified atom stereocenters. The average Bonchev–Trinajstić information content (AvgIpc) is 2.64. The average molecular weight is 205 g/mol. The summed E-state index contributed by atoms with van der Waals surface area (Å²) in [6.07, 6.45) is 0.652. The predicted octanol–water partition coefficient (Wildman–Crippen LogP) is -0.549. The standard InChI is InChI=1S/C12H15NO2/c1-12(11(14)15)7-10(13-8-12)9-5-3-2-4-6-9/h2-6,10,13H,7-8H2,1H3,(H,14,15)/t10?,12-/m1/s1. The first-order valence-electron chi connectivity index (χ1n) is 5.21. The van der Waals surface area contributed by atoms with Crippen molar-refractivity contribution in [1.29, 1.82) is 0 Å². The van der Waals surface area contributed by atoms with Gasteiger partial charge >= 0.3 is 0 Å². The van der Waals surface area contributed by atoms with Crippen molar-refractivity contribution < 1.29 is 15.2 Å². The summed E-state index contributed by atoms with van der Waals surface area (Å²) >= 11 is 0. The van der Waals surface area contributed by atoms with Crippen molar-refractivity contribution in [2.45, 2.75) is 19.4 Å². The number of rotatable bonds is 2.